The normalized spacial score (nSPS) is 13.4. The minimum absolute atomic E-state index is 0.0449. The predicted molar refractivity (Wildman–Crippen MR) is 123 cm³/mol. The molecule has 0 aromatic heterocycles. The highest BCUT2D eigenvalue weighted by molar-refractivity contribution is 8.14. The van der Waals surface area contributed by atoms with Crippen molar-refractivity contribution in [3.8, 4) is 0 Å². The summed E-state index contributed by atoms with van der Waals surface area (Å²) in [4.78, 5) is 33.4. The number of fused-ring (bicyclic) bond motifs is 1. The van der Waals surface area contributed by atoms with Gasteiger partial charge in [-0.25, -0.2) is 13.4 Å². The summed E-state index contributed by atoms with van der Waals surface area (Å²) in [5.41, 5.74) is 2.44. The molecule has 3 rings (SSSR count). The zero-order valence-electron chi connectivity index (χ0n) is 17.0. The third-order valence-corrected chi connectivity index (χ3v) is 6.38. The lowest BCUT2D eigenvalue weighted by molar-refractivity contribution is -0.139. The maximum absolute atomic E-state index is 12.4. The molecule has 10 heteroatoms. The maximum Gasteiger partial charge on any atom is 0.311 e. The van der Waals surface area contributed by atoms with Crippen LogP contribution in [-0.2, 0) is 24.2 Å². The molecule has 0 bridgehead atoms. The fourth-order valence-corrected chi connectivity index (χ4v) is 4.20. The molecule has 0 atom stereocenters. The summed E-state index contributed by atoms with van der Waals surface area (Å²) in [5, 5.41) is 3.40. The Balaban J connectivity index is 1.67. The first-order valence-electron chi connectivity index (χ1n) is 9.27. The summed E-state index contributed by atoms with van der Waals surface area (Å²) in [5.74, 6) is -0.554. The van der Waals surface area contributed by atoms with Gasteiger partial charge in [0, 0.05) is 24.1 Å². The number of nitrogens with one attached hydrogen (secondary N) is 1. The Morgan fingerprint density at radius 2 is 1.71 bits per heavy atom. The number of sulfone groups is 1. The Labute approximate surface area is 184 Å². The van der Waals surface area contributed by atoms with E-state index in [0.717, 1.165) is 6.26 Å². The van der Waals surface area contributed by atoms with Crippen LogP contribution in [-0.4, -0.2) is 50.2 Å². The van der Waals surface area contributed by atoms with Crippen molar-refractivity contribution in [2.75, 3.05) is 24.4 Å². The number of thioether (sulfide) groups is 1. The molecule has 1 aliphatic rings. The predicted octanol–water partition coefficient (Wildman–Crippen LogP) is 3.53. The number of para-hydroxylation sites is 2. The highest BCUT2D eigenvalue weighted by Gasteiger charge is 2.18. The van der Waals surface area contributed by atoms with Gasteiger partial charge in [0.2, 0.25) is 5.91 Å². The highest BCUT2D eigenvalue weighted by Crippen LogP contribution is 2.32. The summed E-state index contributed by atoms with van der Waals surface area (Å²) >= 11 is 1.26. The minimum atomic E-state index is -3.29. The minimum Gasteiger partial charge on any atom is -0.469 e. The van der Waals surface area contributed by atoms with Gasteiger partial charge < -0.3 is 10.1 Å². The quantitative estimate of drug-likeness (QED) is 0.661. The molecule has 2 aromatic carbocycles. The van der Waals surface area contributed by atoms with Crippen LogP contribution in [0.3, 0.4) is 0 Å². The Kier molecular flexibility index (Phi) is 7.24. The monoisotopic (exact) mass is 459 g/mol. The molecule has 1 N–H and O–H groups in total. The van der Waals surface area contributed by atoms with Crippen LogP contribution >= 0.6 is 11.8 Å². The number of carbonyl (C=O) groups excluding carboxylic acids is 2. The molecule has 162 valence electrons. The molecule has 31 heavy (non-hydrogen) atoms. The second kappa shape index (κ2) is 9.88. The molecule has 1 heterocycles. The Bertz CT molecular complexity index is 1160. The van der Waals surface area contributed by atoms with E-state index in [9.17, 15) is 18.0 Å². The summed E-state index contributed by atoms with van der Waals surface area (Å²) in [6.07, 6.45) is 1.51. The van der Waals surface area contributed by atoms with Crippen LogP contribution in [0.15, 0.2) is 63.4 Å². The van der Waals surface area contributed by atoms with Gasteiger partial charge in [-0.05, 0) is 36.4 Å². The number of hydrogen-bond donors (Lipinski definition) is 1. The van der Waals surface area contributed by atoms with Crippen molar-refractivity contribution >= 4 is 61.3 Å². The molecule has 1 amide bonds. The molecule has 0 spiro atoms. The maximum atomic E-state index is 12.4. The average molecular weight is 460 g/mol. The van der Waals surface area contributed by atoms with Gasteiger partial charge in [0.05, 0.1) is 40.6 Å². The number of aliphatic imine (C=N–C) groups is 2. The Hall–Kier alpha value is -2.98. The van der Waals surface area contributed by atoms with Crippen molar-refractivity contribution in [1.29, 1.82) is 0 Å². The number of esters is 1. The molecule has 2 aromatic rings. The van der Waals surface area contributed by atoms with Gasteiger partial charge in [-0.3, -0.25) is 14.6 Å². The van der Waals surface area contributed by atoms with Gasteiger partial charge in [0.1, 0.15) is 0 Å². The van der Waals surface area contributed by atoms with Gasteiger partial charge in [-0.15, -0.1) is 11.8 Å². The number of benzene rings is 2. The zero-order valence-corrected chi connectivity index (χ0v) is 18.6. The molecule has 0 aliphatic carbocycles. The van der Waals surface area contributed by atoms with E-state index in [2.05, 4.69) is 15.3 Å². The van der Waals surface area contributed by atoms with E-state index < -0.39 is 15.8 Å². The molecule has 8 nitrogen and oxygen atoms in total. The van der Waals surface area contributed by atoms with Crippen LogP contribution in [0.2, 0.25) is 0 Å². The van der Waals surface area contributed by atoms with Crippen LogP contribution in [0, 0.1) is 0 Å². The number of nitrogens with zero attached hydrogens (tertiary/aromatic N) is 2. The van der Waals surface area contributed by atoms with Crippen molar-refractivity contribution < 1.29 is 22.7 Å². The first-order valence-corrected chi connectivity index (χ1v) is 12.1. The molecule has 1 aliphatic heterocycles. The van der Waals surface area contributed by atoms with Crippen LogP contribution < -0.4 is 5.32 Å². The molecule has 0 unspecified atom stereocenters. The van der Waals surface area contributed by atoms with E-state index in [1.165, 1.54) is 31.0 Å². The largest absolute Gasteiger partial charge is 0.469 e. The van der Waals surface area contributed by atoms with E-state index in [-0.39, 0.29) is 23.0 Å². The number of ether oxygens (including phenoxy) is 1. The zero-order chi connectivity index (χ0) is 22.4. The number of rotatable bonds is 6. The summed E-state index contributed by atoms with van der Waals surface area (Å²) in [6.45, 7) is 0. The molecular weight excluding hydrogens is 438 g/mol. The van der Waals surface area contributed by atoms with Crippen molar-refractivity contribution in [2.24, 2.45) is 9.98 Å². The number of amides is 1. The first kappa shape index (κ1) is 22.7. The molecule has 0 saturated heterocycles. The second-order valence-corrected chi connectivity index (χ2v) is 9.80. The molecule has 0 saturated carbocycles. The smallest absolute Gasteiger partial charge is 0.311 e. The topological polar surface area (TPSA) is 114 Å². The first-order chi connectivity index (χ1) is 14.7. The van der Waals surface area contributed by atoms with Gasteiger partial charge in [0.25, 0.3) is 0 Å². The third-order valence-electron chi connectivity index (χ3n) is 4.27. The number of anilines is 1. The summed E-state index contributed by atoms with van der Waals surface area (Å²) in [7, 11) is -1.97. The van der Waals surface area contributed by atoms with Crippen molar-refractivity contribution in [1.82, 2.24) is 0 Å². The number of carbonyl (C=O) groups is 2. The van der Waals surface area contributed by atoms with E-state index in [4.69, 9.17) is 4.74 Å². The molecule has 0 fully saturated rings. The van der Waals surface area contributed by atoms with Crippen LogP contribution in [0.4, 0.5) is 17.1 Å². The number of methoxy groups -OCH3 is 1. The Morgan fingerprint density at radius 1 is 1.06 bits per heavy atom. The van der Waals surface area contributed by atoms with Gasteiger partial charge >= 0.3 is 5.97 Å². The van der Waals surface area contributed by atoms with E-state index >= 15 is 0 Å². The van der Waals surface area contributed by atoms with Crippen molar-refractivity contribution in [3.63, 3.8) is 0 Å². The summed E-state index contributed by atoms with van der Waals surface area (Å²) < 4.78 is 27.8. The lowest BCUT2D eigenvalue weighted by Gasteiger charge is -2.08. The van der Waals surface area contributed by atoms with Crippen molar-refractivity contribution in [2.45, 2.75) is 17.7 Å². The van der Waals surface area contributed by atoms with Gasteiger partial charge in [-0.1, -0.05) is 12.1 Å². The van der Waals surface area contributed by atoms with Crippen LogP contribution in [0.5, 0.6) is 0 Å². The lowest BCUT2D eigenvalue weighted by Crippen LogP contribution is -2.17. The van der Waals surface area contributed by atoms with E-state index in [1.807, 2.05) is 24.3 Å². The highest BCUT2D eigenvalue weighted by atomic mass is 32.2. The number of hydrogen-bond acceptors (Lipinski definition) is 8. The Morgan fingerprint density at radius 3 is 2.32 bits per heavy atom. The second-order valence-electron chi connectivity index (χ2n) is 6.74. The standard InChI is InChI=1S/C21H21N3O5S2/c1-29-21(26)12-15-11-20(24-18-6-4-3-5-17(18)22-15)30-13-19(25)23-14-7-9-16(10-8-14)31(2,27)28/h3-10H,11-13H2,1-2H3,(H,23,25). The third kappa shape index (κ3) is 6.50. The fraction of sp³-hybridized carbons (Fsp3) is 0.238. The van der Waals surface area contributed by atoms with Crippen LogP contribution in [0.25, 0.3) is 0 Å². The van der Waals surface area contributed by atoms with E-state index in [1.54, 1.807) is 12.1 Å². The van der Waals surface area contributed by atoms with Gasteiger partial charge in [-0.2, -0.15) is 0 Å². The van der Waals surface area contributed by atoms with Crippen LogP contribution in [0.1, 0.15) is 12.8 Å². The fourth-order valence-electron chi connectivity index (χ4n) is 2.77. The van der Waals surface area contributed by atoms with E-state index in [0.29, 0.717) is 34.2 Å². The molecular formula is C21H21N3O5S2. The molecule has 0 radical (unpaired) electrons. The van der Waals surface area contributed by atoms with Crippen molar-refractivity contribution in [3.05, 3.63) is 48.5 Å². The summed E-state index contributed by atoms with van der Waals surface area (Å²) in [6, 6.07) is 13.3. The lowest BCUT2D eigenvalue weighted by atomic mass is 10.2. The average Bonchev–Trinajstić information content (AvgIpc) is 2.90. The SMILES string of the molecule is COC(=O)CC1=Nc2ccccc2N=C(SCC(=O)Nc2ccc(S(C)(=O)=O)cc2)C1. The van der Waals surface area contributed by atoms with Gasteiger partial charge in [0.15, 0.2) is 9.84 Å².